The monoisotopic (exact) mass is 325 g/mol. The van der Waals surface area contributed by atoms with Crippen LogP contribution in [0.3, 0.4) is 0 Å². The number of rotatable bonds is 3. The van der Waals surface area contributed by atoms with E-state index in [1.807, 2.05) is 0 Å². The summed E-state index contributed by atoms with van der Waals surface area (Å²) < 4.78 is 0. The quantitative estimate of drug-likeness (QED) is 0.755. The molecule has 0 saturated heterocycles. The fourth-order valence-corrected chi connectivity index (χ4v) is 2.72. The molecule has 3 rings (SSSR count). The number of carbonyl (C=O) groups is 1. The molecule has 2 aromatic rings. The minimum Gasteiger partial charge on any atom is -0.395 e. The molecule has 4 N–H and O–H groups in total. The molecule has 2 aromatic heterocycles. The van der Waals surface area contributed by atoms with Crippen molar-refractivity contribution in [3.05, 3.63) is 33.3 Å². The Balaban J connectivity index is 1.87. The summed E-state index contributed by atoms with van der Waals surface area (Å²) in [7, 11) is 0. The van der Waals surface area contributed by atoms with Crippen LogP contribution in [0.2, 0.25) is 10.3 Å². The second-order valence-corrected chi connectivity index (χ2v) is 5.80. The molecule has 0 radical (unpaired) electrons. The Labute approximate surface area is 131 Å². The Morgan fingerprint density at radius 3 is 2.81 bits per heavy atom. The molecule has 0 bridgehead atoms. The molecular formula is C13H13Cl2N5O. The zero-order chi connectivity index (χ0) is 15.1. The first kappa shape index (κ1) is 14.2. The number of nitrogens with two attached hydrogens (primary N) is 1. The highest BCUT2D eigenvalue weighted by molar-refractivity contribution is 6.35. The summed E-state index contributed by atoms with van der Waals surface area (Å²) in [6.07, 6.45) is 2.14. The van der Waals surface area contributed by atoms with Gasteiger partial charge in [-0.05, 0) is 31.4 Å². The standard InChI is InChI=1S/C13H13Cl2N5O/c1-5-4-7(14)17-12(15)9(5)18-13(21)11-8(16)10(19-20-11)6-2-3-6/h4,6H,2-3,16H2,1H3,(H,18,21)(H,19,20). The van der Waals surface area contributed by atoms with Gasteiger partial charge in [0.1, 0.15) is 5.15 Å². The van der Waals surface area contributed by atoms with E-state index in [2.05, 4.69) is 20.5 Å². The zero-order valence-corrected chi connectivity index (χ0v) is 12.7. The third-order valence-corrected chi connectivity index (χ3v) is 3.88. The van der Waals surface area contributed by atoms with E-state index in [1.54, 1.807) is 13.0 Å². The number of amides is 1. The van der Waals surface area contributed by atoms with Gasteiger partial charge in [-0.3, -0.25) is 9.89 Å². The zero-order valence-electron chi connectivity index (χ0n) is 11.2. The predicted molar refractivity (Wildman–Crippen MR) is 81.9 cm³/mol. The van der Waals surface area contributed by atoms with Gasteiger partial charge < -0.3 is 11.1 Å². The molecule has 0 unspecified atom stereocenters. The number of nitrogens with zero attached hydrogens (tertiary/aromatic N) is 2. The molecule has 1 aliphatic rings. The summed E-state index contributed by atoms with van der Waals surface area (Å²) >= 11 is 11.8. The minimum absolute atomic E-state index is 0.130. The van der Waals surface area contributed by atoms with Crippen LogP contribution in [0.4, 0.5) is 11.4 Å². The SMILES string of the molecule is Cc1cc(Cl)nc(Cl)c1NC(=O)c1n[nH]c(C2CC2)c1N. The average molecular weight is 326 g/mol. The van der Waals surface area contributed by atoms with Gasteiger partial charge in [0.25, 0.3) is 5.91 Å². The molecule has 6 nitrogen and oxygen atoms in total. The van der Waals surface area contributed by atoms with Gasteiger partial charge in [-0.2, -0.15) is 5.10 Å². The van der Waals surface area contributed by atoms with Crippen molar-refractivity contribution < 1.29 is 4.79 Å². The summed E-state index contributed by atoms with van der Waals surface area (Å²) in [5, 5.41) is 9.91. The van der Waals surface area contributed by atoms with Gasteiger partial charge >= 0.3 is 0 Å². The van der Waals surface area contributed by atoms with E-state index in [9.17, 15) is 4.79 Å². The molecule has 0 aromatic carbocycles. The molecule has 1 saturated carbocycles. The van der Waals surface area contributed by atoms with Crippen molar-refractivity contribution >= 4 is 40.5 Å². The van der Waals surface area contributed by atoms with Crippen molar-refractivity contribution in [2.24, 2.45) is 0 Å². The van der Waals surface area contributed by atoms with Gasteiger partial charge in [0.05, 0.1) is 17.1 Å². The molecule has 8 heteroatoms. The number of carbonyl (C=O) groups excluding carboxylic acids is 1. The number of aromatic amines is 1. The number of nitrogens with one attached hydrogen (secondary N) is 2. The first-order chi connectivity index (χ1) is 9.97. The summed E-state index contributed by atoms with van der Waals surface area (Å²) in [5.41, 5.74) is 8.49. The molecular weight excluding hydrogens is 313 g/mol. The molecule has 0 atom stereocenters. The van der Waals surface area contributed by atoms with Gasteiger partial charge in [0.15, 0.2) is 10.8 Å². The van der Waals surface area contributed by atoms with Crippen LogP contribution in [0.1, 0.15) is 40.5 Å². The summed E-state index contributed by atoms with van der Waals surface area (Å²) in [5.74, 6) is -0.0358. The van der Waals surface area contributed by atoms with Crippen molar-refractivity contribution in [3.63, 3.8) is 0 Å². The fraction of sp³-hybridized carbons (Fsp3) is 0.308. The molecule has 1 amide bonds. The van der Waals surface area contributed by atoms with Crippen LogP contribution in [-0.4, -0.2) is 21.1 Å². The Morgan fingerprint density at radius 1 is 1.48 bits per heavy atom. The maximum Gasteiger partial charge on any atom is 0.278 e. The number of nitrogen functional groups attached to an aromatic ring is 1. The second kappa shape index (κ2) is 5.20. The fourth-order valence-electron chi connectivity index (χ4n) is 2.14. The summed E-state index contributed by atoms with van der Waals surface area (Å²) in [6, 6.07) is 1.62. The third-order valence-electron chi connectivity index (χ3n) is 3.41. The number of halogens is 2. The largest absolute Gasteiger partial charge is 0.395 e. The first-order valence-electron chi connectivity index (χ1n) is 6.45. The van der Waals surface area contributed by atoms with Gasteiger partial charge in [-0.1, -0.05) is 23.2 Å². The van der Waals surface area contributed by atoms with Crippen LogP contribution in [-0.2, 0) is 0 Å². The van der Waals surface area contributed by atoms with Crippen LogP contribution < -0.4 is 11.1 Å². The highest BCUT2D eigenvalue weighted by atomic mass is 35.5. The lowest BCUT2D eigenvalue weighted by molar-refractivity contribution is 0.102. The van der Waals surface area contributed by atoms with E-state index in [-0.39, 0.29) is 16.0 Å². The number of aryl methyl sites for hydroxylation is 1. The summed E-state index contributed by atoms with van der Waals surface area (Å²) in [4.78, 5) is 16.2. The normalized spacial score (nSPS) is 14.2. The lowest BCUT2D eigenvalue weighted by Gasteiger charge is -2.09. The van der Waals surface area contributed by atoms with Crippen LogP contribution in [0.15, 0.2) is 6.07 Å². The van der Waals surface area contributed by atoms with Crippen molar-refractivity contribution in [1.29, 1.82) is 0 Å². The molecule has 1 fully saturated rings. The maximum atomic E-state index is 12.3. The third kappa shape index (κ3) is 2.69. The maximum absolute atomic E-state index is 12.3. The number of anilines is 2. The highest BCUT2D eigenvalue weighted by Crippen LogP contribution is 2.42. The Kier molecular flexibility index (Phi) is 3.51. The molecule has 0 aliphatic heterocycles. The van der Waals surface area contributed by atoms with Gasteiger partial charge in [0, 0.05) is 5.92 Å². The molecule has 110 valence electrons. The number of aromatic nitrogens is 3. The smallest absolute Gasteiger partial charge is 0.278 e. The lowest BCUT2D eigenvalue weighted by atomic mass is 10.2. The molecule has 0 spiro atoms. The topological polar surface area (TPSA) is 96.7 Å². The van der Waals surface area contributed by atoms with Gasteiger partial charge in [-0.25, -0.2) is 4.98 Å². The minimum atomic E-state index is -0.426. The Morgan fingerprint density at radius 2 is 2.19 bits per heavy atom. The summed E-state index contributed by atoms with van der Waals surface area (Å²) in [6.45, 7) is 1.78. The highest BCUT2D eigenvalue weighted by Gasteiger charge is 2.30. The van der Waals surface area contributed by atoms with E-state index >= 15 is 0 Å². The second-order valence-electron chi connectivity index (χ2n) is 5.06. The molecule has 21 heavy (non-hydrogen) atoms. The number of pyridine rings is 1. The van der Waals surface area contributed by atoms with Gasteiger partial charge in [-0.15, -0.1) is 0 Å². The molecule has 1 aliphatic carbocycles. The number of hydrogen-bond acceptors (Lipinski definition) is 4. The van der Waals surface area contributed by atoms with E-state index in [0.717, 1.165) is 18.5 Å². The van der Waals surface area contributed by atoms with Crippen molar-refractivity contribution in [2.45, 2.75) is 25.7 Å². The van der Waals surface area contributed by atoms with Crippen molar-refractivity contribution in [1.82, 2.24) is 15.2 Å². The average Bonchev–Trinajstić information content (AvgIpc) is 3.17. The lowest BCUT2D eigenvalue weighted by Crippen LogP contribution is -2.15. The van der Waals surface area contributed by atoms with Crippen LogP contribution in [0.25, 0.3) is 0 Å². The van der Waals surface area contributed by atoms with E-state index in [1.165, 1.54) is 0 Å². The first-order valence-corrected chi connectivity index (χ1v) is 7.20. The Bertz CT molecular complexity index is 700. The number of H-pyrrole nitrogens is 1. The van der Waals surface area contributed by atoms with Crippen LogP contribution >= 0.6 is 23.2 Å². The van der Waals surface area contributed by atoms with Crippen LogP contribution in [0.5, 0.6) is 0 Å². The van der Waals surface area contributed by atoms with E-state index < -0.39 is 5.91 Å². The van der Waals surface area contributed by atoms with Crippen LogP contribution in [0, 0.1) is 6.92 Å². The van der Waals surface area contributed by atoms with E-state index in [0.29, 0.717) is 22.9 Å². The molecule has 2 heterocycles. The van der Waals surface area contributed by atoms with Crippen molar-refractivity contribution in [2.75, 3.05) is 11.1 Å². The van der Waals surface area contributed by atoms with Gasteiger partial charge in [0.2, 0.25) is 0 Å². The Hall–Kier alpha value is -1.79. The van der Waals surface area contributed by atoms with E-state index in [4.69, 9.17) is 28.9 Å². The number of hydrogen-bond donors (Lipinski definition) is 3. The van der Waals surface area contributed by atoms with Crippen molar-refractivity contribution in [3.8, 4) is 0 Å². The predicted octanol–water partition coefficient (Wildman–Crippen LogP) is 3.13.